The van der Waals surface area contributed by atoms with Crippen LogP contribution < -0.4 is 11.1 Å². The molecule has 2 rings (SSSR count). The molecular formula is C19H29N3O3. The summed E-state index contributed by atoms with van der Waals surface area (Å²) in [7, 11) is 0. The minimum atomic E-state index is -0.428. The highest BCUT2D eigenvalue weighted by molar-refractivity contribution is 5.82. The van der Waals surface area contributed by atoms with Crippen molar-refractivity contribution in [2.45, 2.75) is 39.3 Å². The monoisotopic (exact) mass is 347 g/mol. The lowest BCUT2D eigenvalue weighted by Crippen LogP contribution is -2.50. The summed E-state index contributed by atoms with van der Waals surface area (Å²) in [6.07, 6.45) is 1.34. The average Bonchev–Trinajstić information content (AvgIpc) is 2.64. The topological polar surface area (TPSA) is 84.7 Å². The van der Waals surface area contributed by atoms with Gasteiger partial charge in [-0.2, -0.15) is 0 Å². The first-order valence-electron chi connectivity index (χ1n) is 8.96. The summed E-state index contributed by atoms with van der Waals surface area (Å²) >= 11 is 0. The molecule has 0 aliphatic carbocycles. The van der Waals surface area contributed by atoms with E-state index in [1.54, 1.807) is 0 Å². The molecule has 25 heavy (non-hydrogen) atoms. The molecule has 1 aliphatic heterocycles. The lowest BCUT2D eigenvalue weighted by molar-refractivity contribution is -0.134. The van der Waals surface area contributed by atoms with Gasteiger partial charge in [-0.15, -0.1) is 0 Å². The van der Waals surface area contributed by atoms with Crippen molar-refractivity contribution in [2.24, 2.45) is 17.6 Å². The maximum absolute atomic E-state index is 12.2. The van der Waals surface area contributed by atoms with Gasteiger partial charge in [-0.1, -0.05) is 44.2 Å². The van der Waals surface area contributed by atoms with Crippen LogP contribution >= 0.6 is 0 Å². The summed E-state index contributed by atoms with van der Waals surface area (Å²) in [6.45, 7) is 6.16. The fourth-order valence-corrected chi connectivity index (χ4v) is 2.86. The van der Waals surface area contributed by atoms with Gasteiger partial charge in [-0.25, -0.2) is 4.79 Å². The van der Waals surface area contributed by atoms with Crippen molar-refractivity contribution < 1.29 is 14.3 Å². The third-order valence-electron chi connectivity index (χ3n) is 4.68. The number of rotatable bonds is 6. The zero-order valence-corrected chi connectivity index (χ0v) is 15.1. The largest absolute Gasteiger partial charge is 0.445 e. The number of carbonyl (C=O) groups excluding carboxylic acids is 2. The molecule has 1 aliphatic rings. The van der Waals surface area contributed by atoms with Crippen LogP contribution in [-0.4, -0.2) is 42.6 Å². The zero-order chi connectivity index (χ0) is 18.2. The SMILES string of the molecule is CC(C)[C@H](N)C(=O)N1CCC(CNC(=O)OCc2ccccc2)CC1. The van der Waals surface area contributed by atoms with E-state index < -0.39 is 12.1 Å². The highest BCUT2D eigenvalue weighted by atomic mass is 16.5. The molecular weight excluding hydrogens is 318 g/mol. The van der Waals surface area contributed by atoms with Crippen LogP contribution in [0.4, 0.5) is 4.79 Å². The Labute approximate surface area is 149 Å². The van der Waals surface area contributed by atoms with Crippen LogP contribution in [0.2, 0.25) is 0 Å². The van der Waals surface area contributed by atoms with Crippen molar-refractivity contribution in [2.75, 3.05) is 19.6 Å². The second kappa shape index (κ2) is 9.42. The molecule has 1 saturated heterocycles. The summed E-state index contributed by atoms with van der Waals surface area (Å²) in [5.74, 6) is 0.540. The van der Waals surface area contributed by atoms with E-state index in [2.05, 4.69) is 5.32 Å². The number of hydrogen-bond acceptors (Lipinski definition) is 4. The minimum Gasteiger partial charge on any atom is -0.445 e. The van der Waals surface area contributed by atoms with Crippen LogP contribution in [0.25, 0.3) is 0 Å². The Balaban J connectivity index is 1.65. The Morgan fingerprint density at radius 3 is 2.48 bits per heavy atom. The molecule has 0 aromatic heterocycles. The number of hydrogen-bond donors (Lipinski definition) is 2. The minimum absolute atomic E-state index is 0.0312. The van der Waals surface area contributed by atoms with Gasteiger partial charge in [0.15, 0.2) is 0 Å². The van der Waals surface area contributed by atoms with E-state index >= 15 is 0 Å². The molecule has 0 unspecified atom stereocenters. The van der Waals surface area contributed by atoms with E-state index in [0.717, 1.165) is 18.4 Å². The average molecular weight is 347 g/mol. The summed E-state index contributed by atoms with van der Waals surface area (Å²) in [5.41, 5.74) is 6.90. The van der Waals surface area contributed by atoms with Crippen molar-refractivity contribution in [3.63, 3.8) is 0 Å². The lowest BCUT2D eigenvalue weighted by Gasteiger charge is -2.34. The van der Waals surface area contributed by atoms with Crippen LogP contribution in [0.1, 0.15) is 32.3 Å². The number of nitrogens with two attached hydrogens (primary N) is 1. The molecule has 1 atom stereocenters. The number of nitrogens with one attached hydrogen (secondary N) is 1. The van der Waals surface area contributed by atoms with Crippen molar-refractivity contribution >= 4 is 12.0 Å². The molecule has 0 bridgehead atoms. The number of likely N-dealkylation sites (tertiary alicyclic amines) is 1. The van der Waals surface area contributed by atoms with Crippen molar-refractivity contribution in [3.8, 4) is 0 Å². The maximum Gasteiger partial charge on any atom is 0.407 e. The van der Waals surface area contributed by atoms with E-state index in [0.29, 0.717) is 25.6 Å². The molecule has 1 aromatic rings. The lowest BCUT2D eigenvalue weighted by atomic mass is 9.95. The number of benzene rings is 1. The number of amides is 2. The molecule has 0 spiro atoms. The fraction of sp³-hybridized carbons (Fsp3) is 0.579. The van der Waals surface area contributed by atoms with Gasteiger partial charge >= 0.3 is 6.09 Å². The van der Waals surface area contributed by atoms with Crippen LogP contribution in [0.5, 0.6) is 0 Å². The third-order valence-corrected chi connectivity index (χ3v) is 4.68. The molecule has 1 fully saturated rings. The number of carbonyl (C=O) groups is 2. The van der Waals surface area contributed by atoms with E-state index in [9.17, 15) is 9.59 Å². The van der Waals surface area contributed by atoms with Crippen molar-refractivity contribution in [1.29, 1.82) is 0 Å². The number of piperidine rings is 1. The second-order valence-corrected chi connectivity index (χ2v) is 6.98. The maximum atomic E-state index is 12.2. The van der Waals surface area contributed by atoms with Gasteiger partial charge in [0.2, 0.25) is 5.91 Å². The Kier molecular flexibility index (Phi) is 7.25. The summed E-state index contributed by atoms with van der Waals surface area (Å²) in [4.78, 5) is 25.9. The highest BCUT2D eigenvalue weighted by Gasteiger charge is 2.27. The predicted octanol–water partition coefficient (Wildman–Crippen LogP) is 2.13. The third kappa shape index (κ3) is 6.05. The van der Waals surface area contributed by atoms with Gasteiger partial charge in [0.25, 0.3) is 0 Å². The first kappa shape index (κ1) is 19.2. The molecule has 1 heterocycles. The van der Waals surface area contributed by atoms with Gasteiger partial charge in [0.05, 0.1) is 6.04 Å². The normalized spacial score (nSPS) is 16.6. The van der Waals surface area contributed by atoms with Gasteiger partial charge in [-0.3, -0.25) is 4.79 Å². The molecule has 3 N–H and O–H groups in total. The molecule has 1 aromatic carbocycles. The molecule has 0 saturated carbocycles. The quantitative estimate of drug-likeness (QED) is 0.826. The van der Waals surface area contributed by atoms with Crippen LogP contribution in [-0.2, 0) is 16.1 Å². The smallest absolute Gasteiger partial charge is 0.407 e. The van der Waals surface area contributed by atoms with Gasteiger partial charge < -0.3 is 20.7 Å². The zero-order valence-electron chi connectivity index (χ0n) is 15.1. The van der Waals surface area contributed by atoms with Gasteiger partial charge in [0, 0.05) is 19.6 Å². The first-order valence-corrected chi connectivity index (χ1v) is 8.96. The van der Waals surface area contributed by atoms with Gasteiger partial charge in [0.1, 0.15) is 6.61 Å². The van der Waals surface area contributed by atoms with Crippen LogP contribution in [0.15, 0.2) is 30.3 Å². The Hall–Kier alpha value is -2.08. The molecule has 0 radical (unpaired) electrons. The Bertz CT molecular complexity index is 554. The molecule has 6 heteroatoms. The van der Waals surface area contributed by atoms with Crippen molar-refractivity contribution in [1.82, 2.24) is 10.2 Å². The summed E-state index contributed by atoms with van der Waals surface area (Å²) in [5, 5.41) is 2.82. The van der Waals surface area contributed by atoms with E-state index in [-0.39, 0.29) is 18.4 Å². The van der Waals surface area contributed by atoms with E-state index in [1.165, 1.54) is 0 Å². The standard InChI is InChI=1S/C19H29N3O3/c1-14(2)17(20)18(23)22-10-8-15(9-11-22)12-21-19(24)25-13-16-6-4-3-5-7-16/h3-7,14-15,17H,8-13,20H2,1-2H3,(H,21,24)/t17-/m0/s1. The first-order chi connectivity index (χ1) is 12.0. The highest BCUT2D eigenvalue weighted by Crippen LogP contribution is 2.18. The van der Waals surface area contributed by atoms with Crippen molar-refractivity contribution in [3.05, 3.63) is 35.9 Å². The number of ether oxygens (including phenoxy) is 1. The Morgan fingerprint density at radius 2 is 1.88 bits per heavy atom. The Morgan fingerprint density at radius 1 is 1.24 bits per heavy atom. The van der Waals surface area contributed by atoms with Gasteiger partial charge in [-0.05, 0) is 30.2 Å². The number of alkyl carbamates (subject to hydrolysis) is 1. The summed E-state index contributed by atoms with van der Waals surface area (Å²) < 4.78 is 5.21. The second-order valence-electron chi connectivity index (χ2n) is 6.98. The molecule has 6 nitrogen and oxygen atoms in total. The van der Waals surface area contributed by atoms with E-state index in [4.69, 9.17) is 10.5 Å². The number of nitrogens with zero attached hydrogens (tertiary/aromatic N) is 1. The van der Waals surface area contributed by atoms with E-state index in [1.807, 2.05) is 49.1 Å². The van der Waals surface area contributed by atoms with Crippen LogP contribution in [0.3, 0.4) is 0 Å². The summed E-state index contributed by atoms with van der Waals surface area (Å²) in [6, 6.07) is 9.16. The fourth-order valence-electron chi connectivity index (χ4n) is 2.86. The molecule has 2 amide bonds. The molecule has 138 valence electrons. The van der Waals surface area contributed by atoms with Crippen LogP contribution in [0, 0.1) is 11.8 Å². The predicted molar refractivity (Wildman–Crippen MR) is 96.7 cm³/mol.